The summed E-state index contributed by atoms with van der Waals surface area (Å²) in [6.07, 6.45) is 11.0. The number of hydrogen-bond donors (Lipinski definition) is 0. The lowest BCUT2D eigenvalue weighted by molar-refractivity contribution is 0.0588. The number of likely N-dealkylation sites (tertiary alicyclic amines) is 1. The summed E-state index contributed by atoms with van der Waals surface area (Å²) in [6, 6.07) is 11.0. The number of ether oxygens (including phenoxy) is 1. The first kappa shape index (κ1) is 18.3. The highest BCUT2D eigenvalue weighted by Gasteiger charge is 2.27. The number of fused-ring (bicyclic) bond motifs is 1. The molecule has 2 fully saturated rings. The average Bonchev–Trinajstić information content (AvgIpc) is 3.48. The average molecular weight is 393 g/mol. The quantitative estimate of drug-likeness (QED) is 0.669. The van der Waals surface area contributed by atoms with E-state index in [0.717, 1.165) is 18.6 Å². The summed E-state index contributed by atoms with van der Waals surface area (Å²) in [6.45, 7) is 1.43. The molecule has 0 N–H and O–H groups in total. The molecule has 1 saturated heterocycles. The molecular weight excluding hydrogens is 364 g/mol. The van der Waals surface area contributed by atoms with Crippen LogP contribution in [0.1, 0.15) is 55.1 Å². The maximum atomic E-state index is 12.7. The van der Waals surface area contributed by atoms with Crippen molar-refractivity contribution < 1.29 is 9.53 Å². The minimum Gasteiger partial charge on any atom is -0.490 e. The van der Waals surface area contributed by atoms with Crippen LogP contribution in [0.25, 0.3) is 10.9 Å². The molecular formula is C23H28N4O2. The van der Waals surface area contributed by atoms with Crippen LogP contribution in [0.3, 0.4) is 0 Å². The molecule has 1 saturated carbocycles. The van der Waals surface area contributed by atoms with Gasteiger partial charge in [0.2, 0.25) is 0 Å². The Hall–Kier alpha value is -2.76. The minimum absolute atomic E-state index is 0.0548. The molecule has 3 aromatic rings. The molecule has 1 aliphatic carbocycles. The van der Waals surface area contributed by atoms with Crippen molar-refractivity contribution in [2.75, 3.05) is 13.1 Å². The third-order valence-corrected chi connectivity index (χ3v) is 6.50. The van der Waals surface area contributed by atoms with Crippen molar-refractivity contribution in [3.63, 3.8) is 0 Å². The second-order valence-electron chi connectivity index (χ2n) is 8.30. The van der Waals surface area contributed by atoms with Crippen molar-refractivity contribution in [2.24, 2.45) is 7.05 Å². The molecule has 1 aromatic carbocycles. The highest BCUT2D eigenvalue weighted by molar-refractivity contribution is 5.92. The number of aryl methyl sites for hydroxylation is 1. The van der Waals surface area contributed by atoms with E-state index in [1.54, 1.807) is 24.0 Å². The molecule has 1 aliphatic heterocycles. The number of hydrogen-bond acceptors (Lipinski definition) is 3. The molecule has 0 unspecified atom stereocenters. The lowest BCUT2D eigenvalue weighted by Gasteiger charge is -2.32. The van der Waals surface area contributed by atoms with Crippen LogP contribution >= 0.6 is 0 Å². The van der Waals surface area contributed by atoms with E-state index in [1.807, 2.05) is 4.90 Å². The van der Waals surface area contributed by atoms with Gasteiger partial charge in [-0.25, -0.2) is 0 Å². The van der Waals surface area contributed by atoms with Gasteiger partial charge in [-0.05, 0) is 37.1 Å². The molecule has 29 heavy (non-hydrogen) atoms. The first-order chi connectivity index (χ1) is 14.2. The number of carbonyl (C=O) groups excluding carboxylic acids is 1. The van der Waals surface area contributed by atoms with Crippen molar-refractivity contribution in [3.05, 3.63) is 48.4 Å². The Morgan fingerprint density at radius 1 is 1.07 bits per heavy atom. The van der Waals surface area contributed by atoms with Crippen LogP contribution in [0, 0.1) is 0 Å². The number of benzene rings is 1. The van der Waals surface area contributed by atoms with Crippen LogP contribution < -0.4 is 4.74 Å². The van der Waals surface area contributed by atoms with E-state index in [9.17, 15) is 4.79 Å². The number of nitrogens with zero attached hydrogens (tertiary/aromatic N) is 4. The lowest BCUT2D eigenvalue weighted by Crippen LogP contribution is -2.42. The topological polar surface area (TPSA) is 52.3 Å². The van der Waals surface area contributed by atoms with E-state index in [2.05, 4.69) is 40.1 Å². The third kappa shape index (κ3) is 3.41. The molecule has 6 heteroatoms. The summed E-state index contributed by atoms with van der Waals surface area (Å²) >= 11 is 0. The van der Waals surface area contributed by atoms with Crippen molar-refractivity contribution in [1.82, 2.24) is 19.2 Å². The van der Waals surface area contributed by atoms with Gasteiger partial charge in [0.05, 0.1) is 5.52 Å². The summed E-state index contributed by atoms with van der Waals surface area (Å²) < 4.78 is 10.5. The summed E-state index contributed by atoms with van der Waals surface area (Å²) in [4.78, 5) is 14.6. The Morgan fingerprint density at radius 2 is 1.86 bits per heavy atom. The fourth-order valence-electron chi connectivity index (χ4n) is 4.87. The maximum absolute atomic E-state index is 12.7. The monoisotopic (exact) mass is 392 g/mol. The van der Waals surface area contributed by atoms with Gasteiger partial charge in [-0.2, -0.15) is 5.10 Å². The van der Waals surface area contributed by atoms with Gasteiger partial charge in [0.25, 0.3) is 5.91 Å². The van der Waals surface area contributed by atoms with Crippen molar-refractivity contribution >= 4 is 16.8 Å². The zero-order chi connectivity index (χ0) is 19.8. The molecule has 6 nitrogen and oxygen atoms in total. The Morgan fingerprint density at radius 3 is 2.59 bits per heavy atom. The van der Waals surface area contributed by atoms with Gasteiger partial charge >= 0.3 is 0 Å². The zero-order valence-corrected chi connectivity index (χ0v) is 17.0. The highest BCUT2D eigenvalue weighted by Crippen LogP contribution is 2.36. The molecule has 2 aromatic heterocycles. The SMILES string of the molecule is Cn1nccc1C(=O)N1CCC(Oc2cccc3c2ccn3C2CCCC2)CC1. The molecule has 1 amide bonds. The second kappa shape index (κ2) is 7.58. The second-order valence-corrected chi connectivity index (χ2v) is 8.30. The van der Waals surface area contributed by atoms with Gasteiger partial charge in [0, 0.05) is 56.8 Å². The number of rotatable bonds is 4. The van der Waals surface area contributed by atoms with Crippen LogP contribution in [0.2, 0.25) is 0 Å². The smallest absolute Gasteiger partial charge is 0.272 e. The Labute approximate surface area is 171 Å². The first-order valence-electron chi connectivity index (χ1n) is 10.7. The summed E-state index contributed by atoms with van der Waals surface area (Å²) in [5, 5.41) is 5.31. The zero-order valence-electron chi connectivity index (χ0n) is 17.0. The summed E-state index contributed by atoms with van der Waals surface area (Å²) in [7, 11) is 1.81. The predicted octanol–water partition coefficient (Wildman–Crippen LogP) is 4.17. The van der Waals surface area contributed by atoms with Crippen LogP contribution in [-0.2, 0) is 7.05 Å². The van der Waals surface area contributed by atoms with Crippen molar-refractivity contribution in [3.8, 4) is 5.75 Å². The van der Waals surface area contributed by atoms with E-state index >= 15 is 0 Å². The predicted molar refractivity (Wildman–Crippen MR) is 112 cm³/mol. The number of carbonyl (C=O) groups is 1. The largest absolute Gasteiger partial charge is 0.490 e. The van der Waals surface area contributed by atoms with E-state index in [0.29, 0.717) is 24.8 Å². The Bertz CT molecular complexity index is 1010. The number of aromatic nitrogens is 3. The van der Waals surface area contributed by atoms with Gasteiger partial charge in [-0.15, -0.1) is 0 Å². The number of piperidine rings is 1. The van der Waals surface area contributed by atoms with Crippen molar-refractivity contribution in [2.45, 2.75) is 50.7 Å². The molecule has 0 atom stereocenters. The summed E-state index contributed by atoms with van der Waals surface area (Å²) in [5.74, 6) is 1.02. The van der Waals surface area contributed by atoms with Crippen molar-refractivity contribution in [1.29, 1.82) is 0 Å². The van der Waals surface area contributed by atoms with Gasteiger partial charge in [0.15, 0.2) is 0 Å². The Kier molecular flexibility index (Phi) is 4.78. The van der Waals surface area contributed by atoms with Crippen LogP contribution in [0.5, 0.6) is 5.75 Å². The highest BCUT2D eigenvalue weighted by atomic mass is 16.5. The Balaban J connectivity index is 1.26. The number of amides is 1. The van der Waals surface area contributed by atoms with E-state index in [4.69, 9.17) is 4.74 Å². The molecule has 5 rings (SSSR count). The van der Waals surface area contributed by atoms with Crippen LogP contribution in [0.4, 0.5) is 0 Å². The molecule has 2 aliphatic rings. The van der Waals surface area contributed by atoms with Gasteiger partial charge in [-0.1, -0.05) is 18.9 Å². The molecule has 0 radical (unpaired) electrons. The van der Waals surface area contributed by atoms with E-state index in [-0.39, 0.29) is 12.0 Å². The van der Waals surface area contributed by atoms with Crippen LogP contribution in [0.15, 0.2) is 42.7 Å². The maximum Gasteiger partial charge on any atom is 0.272 e. The van der Waals surface area contributed by atoms with Gasteiger partial charge in [0.1, 0.15) is 17.5 Å². The summed E-state index contributed by atoms with van der Waals surface area (Å²) in [5.41, 5.74) is 1.92. The van der Waals surface area contributed by atoms with Gasteiger partial charge in [-0.3, -0.25) is 9.48 Å². The minimum atomic E-state index is 0.0548. The normalized spacial score (nSPS) is 18.6. The molecule has 3 heterocycles. The molecule has 0 bridgehead atoms. The lowest BCUT2D eigenvalue weighted by atomic mass is 10.1. The molecule has 0 spiro atoms. The third-order valence-electron chi connectivity index (χ3n) is 6.50. The fraction of sp³-hybridized carbons (Fsp3) is 0.478. The first-order valence-corrected chi connectivity index (χ1v) is 10.7. The van der Waals surface area contributed by atoms with E-state index < -0.39 is 0 Å². The van der Waals surface area contributed by atoms with Gasteiger partial charge < -0.3 is 14.2 Å². The van der Waals surface area contributed by atoms with Crippen LogP contribution in [-0.4, -0.2) is 44.3 Å². The standard InChI is InChI=1S/C23H28N4O2/c1-25-21(9-13-24-25)23(28)26-14-10-18(11-15-26)29-22-8-4-7-20-19(22)12-16-27(20)17-5-2-3-6-17/h4,7-9,12-13,16-18H,2-3,5-6,10-11,14-15H2,1H3. The van der Waals surface area contributed by atoms with E-state index in [1.165, 1.54) is 36.6 Å². The molecule has 152 valence electrons. The fourth-order valence-corrected chi connectivity index (χ4v) is 4.87.